The lowest BCUT2D eigenvalue weighted by molar-refractivity contribution is -0.248. The van der Waals surface area contributed by atoms with Gasteiger partial charge < -0.3 is 20.4 Å². The van der Waals surface area contributed by atoms with Crippen LogP contribution in [0.2, 0.25) is 0 Å². The van der Waals surface area contributed by atoms with Gasteiger partial charge in [0.2, 0.25) is 0 Å². The Bertz CT molecular complexity index is 543. The van der Waals surface area contributed by atoms with E-state index in [1.165, 1.54) is 62.3 Å². The molecule has 7 heteroatoms. The highest BCUT2D eigenvalue weighted by Gasteiger charge is 2.76. The topological polar surface area (TPSA) is 132 Å². The molecule has 0 fully saturated rings. The minimum Gasteiger partial charge on any atom is -0.481 e. The average molecular weight is 360 g/mol. The van der Waals surface area contributed by atoms with Crippen LogP contribution in [0.1, 0.15) is 62.3 Å². The number of hydrogen-bond acceptors (Lipinski definition) is 4. The van der Waals surface area contributed by atoms with E-state index in [0.717, 1.165) is 0 Å². The first-order valence-electron chi connectivity index (χ1n) is 8.12. The molecule has 0 aromatic carbocycles. The molecule has 0 aliphatic carbocycles. The molecule has 146 valence electrons. The first kappa shape index (κ1) is 23.4. The largest absolute Gasteiger partial charge is 0.481 e. The lowest BCUT2D eigenvalue weighted by Crippen LogP contribution is -2.74. The van der Waals surface area contributed by atoms with Gasteiger partial charge in [-0.3, -0.25) is 9.59 Å². The first-order valence-corrected chi connectivity index (χ1v) is 8.12. The van der Waals surface area contributed by atoms with Crippen LogP contribution in [-0.4, -0.2) is 43.9 Å². The maximum absolute atomic E-state index is 12.5. The standard InChI is InChI=1S/C18H32O7/c1-14(2,3)10(11(19)20)17(25,12(21)22)18(13(23)24,15(4,5)6)16(7,8)9/h10,25H,1-9H3,(H,19,20)(H,21,22)(H,23,24). The predicted molar refractivity (Wildman–Crippen MR) is 92.1 cm³/mol. The van der Waals surface area contributed by atoms with Gasteiger partial charge in [0.15, 0.2) is 5.60 Å². The molecule has 2 atom stereocenters. The van der Waals surface area contributed by atoms with E-state index in [0.29, 0.717) is 0 Å². The summed E-state index contributed by atoms with van der Waals surface area (Å²) in [6.07, 6.45) is 0. The van der Waals surface area contributed by atoms with Crippen molar-refractivity contribution in [1.29, 1.82) is 0 Å². The molecule has 25 heavy (non-hydrogen) atoms. The lowest BCUT2D eigenvalue weighted by atomic mass is 9.43. The van der Waals surface area contributed by atoms with Gasteiger partial charge in [-0.1, -0.05) is 62.3 Å². The third-order valence-corrected chi connectivity index (χ3v) is 5.00. The summed E-state index contributed by atoms with van der Waals surface area (Å²) in [5.41, 5.74) is -9.11. The third-order valence-electron chi connectivity index (χ3n) is 5.00. The minimum atomic E-state index is -3.06. The molecule has 0 aliphatic rings. The molecule has 4 N–H and O–H groups in total. The third kappa shape index (κ3) is 3.26. The molecule has 7 nitrogen and oxygen atoms in total. The molecule has 0 radical (unpaired) electrons. The Morgan fingerprint density at radius 1 is 0.680 bits per heavy atom. The van der Waals surface area contributed by atoms with Crippen LogP contribution in [0.3, 0.4) is 0 Å². The SMILES string of the molecule is CC(C)(C)C(C(=O)O)C(O)(C(=O)O)C(C(=O)O)(C(C)(C)C)C(C)(C)C. The number of hydrogen-bond donors (Lipinski definition) is 4. The molecule has 0 rings (SSSR count). The molecule has 0 aromatic heterocycles. The summed E-state index contributed by atoms with van der Waals surface area (Å²) < 4.78 is 0. The molecule has 2 unspecified atom stereocenters. The highest BCUT2D eigenvalue weighted by atomic mass is 16.4. The molecule has 0 heterocycles. The first-order chi connectivity index (χ1) is 10.7. The summed E-state index contributed by atoms with van der Waals surface area (Å²) in [7, 11) is 0. The molecule has 0 amide bonds. The van der Waals surface area contributed by atoms with Gasteiger partial charge in [-0.05, 0) is 16.2 Å². The van der Waals surface area contributed by atoms with E-state index in [-0.39, 0.29) is 0 Å². The van der Waals surface area contributed by atoms with Crippen molar-refractivity contribution in [3.63, 3.8) is 0 Å². The van der Waals surface area contributed by atoms with E-state index in [2.05, 4.69) is 0 Å². The summed E-state index contributed by atoms with van der Waals surface area (Å²) in [4.78, 5) is 36.8. The monoisotopic (exact) mass is 360 g/mol. The zero-order valence-electron chi connectivity index (χ0n) is 16.6. The summed E-state index contributed by atoms with van der Waals surface area (Å²) >= 11 is 0. The Morgan fingerprint density at radius 2 is 1.00 bits per heavy atom. The molecule has 0 spiro atoms. The fourth-order valence-electron chi connectivity index (χ4n) is 4.75. The van der Waals surface area contributed by atoms with Gasteiger partial charge in [-0.2, -0.15) is 0 Å². The molecular weight excluding hydrogens is 328 g/mol. The van der Waals surface area contributed by atoms with Crippen LogP contribution in [0.4, 0.5) is 0 Å². The smallest absolute Gasteiger partial charge is 0.337 e. The Kier molecular flexibility index (Phi) is 5.86. The van der Waals surface area contributed by atoms with Crippen molar-refractivity contribution >= 4 is 17.9 Å². The van der Waals surface area contributed by atoms with Gasteiger partial charge in [-0.25, -0.2) is 4.79 Å². The number of aliphatic carboxylic acids is 3. The van der Waals surface area contributed by atoms with Crippen LogP contribution in [0.5, 0.6) is 0 Å². The van der Waals surface area contributed by atoms with Crippen LogP contribution < -0.4 is 0 Å². The van der Waals surface area contributed by atoms with E-state index in [1.54, 1.807) is 0 Å². The maximum Gasteiger partial charge on any atom is 0.337 e. The molecule has 0 saturated carbocycles. The summed E-state index contributed by atoms with van der Waals surface area (Å²) in [6, 6.07) is 0. The fraction of sp³-hybridized carbons (Fsp3) is 0.833. The zero-order valence-corrected chi connectivity index (χ0v) is 16.6. The van der Waals surface area contributed by atoms with Crippen LogP contribution in [0.25, 0.3) is 0 Å². The van der Waals surface area contributed by atoms with E-state index in [9.17, 15) is 34.8 Å². The quantitative estimate of drug-likeness (QED) is 0.592. The molecular formula is C18H32O7. The number of aliphatic hydroxyl groups is 1. The molecule has 0 saturated heterocycles. The van der Waals surface area contributed by atoms with Gasteiger partial charge in [0.05, 0.1) is 0 Å². The van der Waals surface area contributed by atoms with Crippen LogP contribution in [0.15, 0.2) is 0 Å². The summed E-state index contributed by atoms with van der Waals surface area (Å²) in [5.74, 6) is -6.82. The van der Waals surface area contributed by atoms with Crippen molar-refractivity contribution in [2.24, 2.45) is 27.6 Å². The van der Waals surface area contributed by atoms with Crippen LogP contribution >= 0.6 is 0 Å². The molecule has 0 bridgehead atoms. The fourth-order valence-corrected chi connectivity index (χ4v) is 4.75. The Morgan fingerprint density at radius 3 is 1.12 bits per heavy atom. The van der Waals surface area contributed by atoms with Crippen molar-refractivity contribution in [2.75, 3.05) is 0 Å². The van der Waals surface area contributed by atoms with E-state index >= 15 is 0 Å². The van der Waals surface area contributed by atoms with Crippen LogP contribution in [0, 0.1) is 27.6 Å². The lowest BCUT2D eigenvalue weighted by Gasteiger charge is -2.59. The normalized spacial score (nSPS) is 17.5. The van der Waals surface area contributed by atoms with E-state index < -0.39 is 51.1 Å². The molecule has 0 aromatic rings. The van der Waals surface area contributed by atoms with Gasteiger partial charge >= 0.3 is 17.9 Å². The zero-order chi connectivity index (χ0) is 20.8. The number of carboxylic acid groups (broad SMARTS) is 3. The molecule has 0 aliphatic heterocycles. The maximum atomic E-state index is 12.5. The Hall–Kier alpha value is -1.63. The summed E-state index contributed by atoms with van der Waals surface area (Å²) in [5, 5.41) is 41.3. The number of carboxylic acids is 3. The van der Waals surface area contributed by atoms with Crippen molar-refractivity contribution in [3.8, 4) is 0 Å². The highest BCUT2D eigenvalue weighted by Crippen LogP contribution is 2.62. The van der Waals surface area contributed by atoms with Crippen molar-refractivity contribution in [2.45, 2.75) is 67.9 Å². The van der Waals surface area contributed by atoms with E-state index in [4.69, 9.17) is 0 Å². The second-order valence-electron chi connectivity index (χ2n) is 9.76. The van der Waals surface area contributed by atoms with Gasteiger partial charge in [0.1, 0.15) is 11.3 Å². The Labute approximate surface area is 149 Å². The minimum absolute atomic E-state index is 1.21. The second kappa shape index (κ2) is 6.27. The van der Waals surface area contributed by atoms with Crippen molar-refractivity contribution in [1.82, 2.24) is 0 Å². The van der Waals surface area contributed by atoms with Gasteiger partial charge in [0, 0.05) is 0 Å². The number of carbonyl (C=O) groups is 3. The van der Waals surface area contributed by atoms with Crippen molar-refractivity contribution < 1.29 is 34.8 Å². The van der Waals surface area contributed by atoms with E-state index in [1.807, 2.05) is 0 Å². The predicted octanol–water partition coefficient (Wildman–Crippen LogP) is 2.71. The van der Waals surface area contributed by atoms with Gasteiger partial charge in [0.25, 0.3) is 0 Å². The second-order valence-corrected chi connectivity index (χ2v) is 9.76. The Balaban J connectivity index is 7.51. The summed E-state index contributed by atoms with van der Waals surface area (Å²) in [6.45, 7) is 13.4. The average Bonchev–Trinajstić information content (AvgIpc) is 2.20. The van der Waals surface area contributed by atoms with Crippen LogP contribution in [-0.2, 0) is 14.4 Å². The van der Waals surface area contributed by atoms with Crippen molar-refractivity contribution in [3.05, 3.63) is 0 Å². The number of rotatable bonds is 5. The highest BCUT2D eigenvalue weighted by molar-refractivity contribution is 5.94. The van der Waals surface area contributed by atoms with Gasteiger partial charge in [-0.15, -0.1) is 0 Å².